The molecule has 4 aliphatic rings. The molecule has 1 aromatic carbocycles. The third-order valence-corrected chi connectivity index (χ3v) is 13.8. The highest BCUT2D eigenvalue weighted by Gasteiger charge is 2.57. The number of benzene rings is 1. The Kier molecular flexibility index (Phi) is 12.3. The summed E-state index contributed by atoms with van der Waals surface area (Å²) >= 11 is 1.40. The van der Waals surface area contributed by atoms with Gasteiger partial charge in [-0.1, -0.05) is 25.8 Å². The molecule has 6 bridgehead atoms. The number of carbonyl (C=O) groups is 5. The Bertz CT molecular complexity index is 2640. The minimum Gasteiger partial charge on any atom is -0.464 e. The lowest BCUT2D eigenvalue weighted by Crippen LogP contribution is -2.62. The van der Waals surface area contributed by atoms with Gasteiger partial charge in [-0.3, -0.25) is 34.0 Å². The summed E-state index contributed by atoms with van der Waals surface area (Å²) in [6.45, 7) is 12.5. The van der Waals surface area contributed by atoms with Gasteiger partial charge < -0.3 is 29.2 Å². The monoisotopic (exact) mass is 888 g/mol. The molecule has 16 heteroatoms. The molecule has 15 nitrogen and oxygen atoms in total. The number of carbonyl (C=O) groups excluding carboxylic acids is 5. The van der Waals surface area contributed by atoms with Crippen LogP contribution in [0.25, 0.3) is 33.4 Å². The van der Waals surface area contributed by atoms with E-state index in [-0.39, 0.29) is 49.7 Å². The molecule has 0 saturated carbocycles. The SMILES string of the molecule is CC#CC(=O)N1CC2(CCN(C(C(=O)N[C@H]3Cc4nc(cs4)-c4ccc5c(c4)c(c(-c4cccnc4[C@H](C)OC)n5C)CC(C)(C)COC(=O)[C@@H]4CCCN(N4)C3=O)=C(C)C)C2=O)C1. The number of methoxy groups -OCH3 is 1. The number of likely N-dealkylation sites (tertiary alicyclic amines) is 2. The fourth-order valence-corrected chi connectivity index (χ4v) is 10.4. The second-order valence-electron chi connectivity index (χ2n) is 18.4. The van der Waals surface area contributed by atoms with Gasteiger partial charge >= 0.3 is 5.97 Å². The quantitative estimate of drug-likeness (QED) is 0.151. The number of hydrogen-bond donors (Lipinski definition) is 2. The molecule has 4 aromatic rings. The molecular weight excluding hydrogens is 833 g/mol. The first-order valence-corrected chi connectivity index (χ1v) is 22.7. The molecule has 0 aliphatic carbocycles. The fourth-order valence-electron chi connectivity index (χ4n) is 9.55. The van der Waals surface area contributed by atoms with Crippen LogP contribution in [0.4, 0.5) is 0 Å². The molecular formula is C48H56N8O7S. The molecule has 0 radical (unpaired) electrons. The number of nitrogens with zero attached hydrogens (tertiary/aromatic N) is 6. The lowest BCUT2D eigenvalue weighted by Gasteiger charge is -2.45. The minimum absolute atomic E-state index is 0.0602. The molecule has 1 spiro atoms. The zero-order chi connectivity index (χ0) is 45.7. The van der Waals surface area contributed by atoms with E-state index in [1.807, 2.05) is 24.4 Å². The van der Waals surface area contributed by atoms with Gasteiger partial charge in [0, 0.05) is 85.8 Å². The van der Waals surface area contributed by atoms with E-state index >= 15 is 0 Å². The number of ether oxygens (including phenoxy) is 2. The summed E-state index contributed by atoms with van der Waals surface area (Å²) in [6, 6.07) is 8.39. The van der Waals surface area contributed by atoms with E-state index in [9.17, 15) is 24.0 Å². The Balaban J connectivity index is 1.15. The van der Waals surface area contributed by atoms with Crippen LogP contribution in [0.2, 0.25) is 0 Å². The van der Waals surface area contributed by atoms with Crippen molar-refractivity contribution in [3.8, 4) is 34.4 Å². The normalized spacial score (nSPS) is 21.1. The number of thiazole rings is 1. The minimum atomic E-state index is -1.11. The van der Waals surface area contributed by atoms with Gasteiger partial charge in [-0.2, -0.15) is 0 Å². The molecule has 3 atom stereocenters. The Labute approximate surface area is 377 Å². The van der Waals surface area contributed by atoms with Gasteiger partial charge in [0.2, 0.25) is 5.91 Å². The van der Waals surface area contributed by atoms with Crippen LogP contribution in [-0.2, 0) is 53.3 Å². The van der Waals surface area contributed by atoms with Gasteiger partial charge in [0.05, 0.1) is 40.2 Å². The predicted molar refractivity (Wildman–Crippen MR) is 242 cm³/mol. The number of fused-ring (bicyclic) bond motifs is 6. The number of allylic oxidation sites excluding steroid dienone is 1. The van der Waals surface area contributed by atoms with Crippen LogP contribution in [0.1, 0.15) is 83.2 Å². The summed E-state index contributed by atoms with van der Waals surface area (Å²) in [7, 11) is 3.73. The highest BCUT2D eigenvalue weighted by atomic mass is 32.1. The average molecular weight is 889 g/mol. The lowest BCUT2D eigenvalue weighted by atomic mass is 9.78. The molecule has 64 heavy (non-hydrogen) atoms. The van der Waals surface area contributed by atoms with Crippen molar-refractivity contribution >= 4 is 51.8 Å². The van der Waals surface area contributed by atoms with Crippen molar-refractivity contribution in [3.05, 3.63) is 69.4 Å². The van der Waals surface area contributed by atoms with Crippen LogP contribution >= 0.6 is 11.3 Å². The Hall–Kier alpha value is -5.89. The van der Waals surface area contributed by atoms with Crippen molar-refractivity contribution in [1.29, 1.82) is 0 Å². The number of aromatic nitrogens is 3. The molecule has 336 valence electrons. The maximum atomic E-state index is 14.6. The molecule has 4 aliphatic heterocycles. The van der Waals surface area contributed by atoms with E-state index in [2.05, 4.69) is 66.2 Å². The zero-order valence-corrected chi connectivity index (χ0v) is 38.6. The summed E-state index contributed by atoms with van der Waals surface area (Å²) in [6.07, 6.45) is 3.62. The summed E-state index contributed by atoms with van der Waals surface area (Å²) in [5, 5.41) is 8.01. The molecule has 8 rings (SSSR count). The number of hydrogen-bond acceptors (Lipinski definition) is 11. The van der Waals surface area contributed by atoms with Crippen molar-refractivity contribution in [2.45, 2.75) is 91.8 Å². The van der Waals surface area contributed by atoms with E-state index in [1.165, 1.54) is 21.2 Å². The Morgan fingerprint density at radius 2 is 1.91 bits per heavy atom. The summed E-state index contributed by atoms with van der Waals surface area (Å²) in [4.78, 5) is 82.2. The molecule has 3 saturated heterocycles. The fraction of sp³-hybridized carbons (Fsp3) is 0.479. The van der Waals surface area contributed by atoms with Crippen molar-refractivity contribution in [1.82, 2.24) is 40.1 Å². The zero-order valence-electron chi connectivity index (χ0n) is 37.8. The second-order valence-corrected chi connectivity index (χ2v) is 19.4. The van der Waals surface area contributed by atoms with Crippen LogP contribution in [0, 0.1) is 22.7 Å². The van der Waals surface area contributed by atoms with Crippen LogP contribution in [0.5, 0.6) is 0 Å². The first kappa shape index (κ1) is 44.7. The smallest absolute Gasteiger partial charge is 0.324 e. The van der Waals surface area contributed by atoms with Crippen LogP contribution < -0.4 is 10.7 Å². The molecule has 7 heterocycles. The van der Waals surface area contributed by atoms with Gasteiger partial charge in [0.1, 0.15) is 17.8 Å². The third kappa shape index (κ3) is 8.32. The number of aryl methyl sites for hydroxylation is 1. The molecule has 3 fully saturated rings. The third-order valence-electron chi connectivity index (χ3n) is 12.9. The maximum absolute atomic E-state index is 14.6. The van der Waals surface area contributed by atoms with Crippen LogP contribution in [0.15, 0.2) is 53.2 Å². The lowest BCUT2D eigenvalue weighted by molar-refractivity contribution is -0.155. The van der Waals surface area contributed by atoms with E-state index in [0.29, 0.717) is 49.4 Å². The Morgan fingerprint density at radius 3 is 2.64 bits per heavy atom. The van der Waals surface area contributed by atoms with Crippen molar-refractivity contribution in [2.24, 2.45) is 17.9 Å². The first-order valence-electron chi connectivity index (χ1n) is 21.8. The van der Waals surface area contributed by atoms with Crippen molar-refractivity contribution in [2.75, 3.05) is 39.9 Å². The summed E-state index contributed by atoms with van der Waals surface area (Å²) in [5.41, 5.74) is 9.08. The Morgan fingerprint density at radius 1 is 1.12 bits per heavy atom. The van der Waals surface area contributed by atoms with Gasteiger partial charge in [-0.15, -0.1) is 11.3 Å². The molecule has 4 amide bonds. The molecule has 3 aromatic heterocycles. The average Bonchev–Trinajstić information content (AvgIpc) is 3.94. The number of esters is 1. The van der Waals surface area contributed by atoms with Gasteiger partial charge in [-0.05, 0) is 94.7 Å². The highest BCUT2D eigenvalue weighted by Crippen LogP contribution is 2.43. The van der Waals surface area contributed by atoms with E-state index in [4.69, 9.17) is 19.4 Å². The molecule has 2 N–H and O–H groups in total. The summed E-state index contributed by atoms with van der Waals surface area (Å²) in [5.74, 6) is 3.12. The standard InChI is InChI=1S/C48H56N8O7S/c1-9-12-39(57)54-25-48(26-54)17-20-55(46(48)61)41(28(2)3)43(58)51-35-22-38-50-36(24-64-38)30-15-16-37-32(21-30)33(42(53(37)7)31-13-10-18-49-40(31)29(4)62-8)23-47(5,6)27-63-45(60)34-14-11-19-56(52-34)44(35)59/h10,13,15-16,18,21,24,29,34-35,52H,11,14,17,19-20,22-23,25-27H2,1-8H3,(H,51,58)/t29-,34-,35-/m0/s1. The highest BCUT2D eigenvalue weighted by molar-refractivity contribution is 7.10. The number of amides is 4. The maximum Gasteiger partial charge on any atom is 0.324 e. The second kappa shape index (κ2) is 17.6. The topological polar surface area (TPSA) is 168 Å². The van der Waals surface area contributed by atoms with Gasteiger partial charge in [0.25, 0.3) is 17.7 Å². The summed E-state index contributed by atoms with van der Waals surface area (Å²) < 4.78 is 14.0. The van der Waals surface area contributed by atoms with Crippen molar-refractivity contribution in [3.63, 3.8) is 0 Å². The number of cyclic esters (lactones) is 1. The van der Waals surface area contributed by atoms with Crippen LogP contribution in [-0.4, -0.2) is 111 Å². The molecule has 0 unspecified atom stereocenters. The number of nitrogens with one attached hydrogen (secondary N) is 2. The number of pyridine rings is 1. The van der Waals surface area contributed by atoms with Gasteiger partial charge in [0.15, 0.2) is 0 Å². The van der Waals surface area contributed by atoms with Crippen molar-refractivity contribution < 1.29 is 33.4 Å². The first-order chi connectivity index (χ1) is 30.5. The van der Waals surface area contributed by atoms with E-state index in [1.54, 1.807) is 39.0 Å². The van der Waals surface area contributed by atoms with Gasteiger partial charge in [-0.25, -0.2) is 10.4 Å². The van der Waals surface area contributed by atoms with Crippen LogP contribution in [0.3, 0.4) is 0 Å². The number of rotatable bonds is 6. The van der Waals surface area contributed by atoms with E-state index in [0.717, 1.165) is 44.7 Å². The number of hydrazine groups is 1. The van der Waals surface area contributed by atoms with E-state index < -0.39 is 40.7 Å². The predicted octanol–water partition coefficient (Wildman–Crippen LogP) is 5.10. The largest absolute Gasteiger partial charge is 0.464 e.